The molecule has 2 nitrogen and oxygen atoms in total. The van der Waals surface area contributed by atoms with Crippen LogP contribution in [-0.4, -0.2) is 23.9 Å². The normalized spacial score (nSPS) is 17.0. The highest BCUT2D eigenvalue weighted by molar-refractivity contribution is 6.35. The van der Waals surface area contributed by atoms with Crippen LogP contribution in [0.5, 0.6) is 0 Å². The summed E-state index contributed by atoms with van der Waals surface area (Å²) in [6, 6.07) is 5.36. The fraction of sp³-hybridized carbons (Fsp3) is 0.533. The van der Waals surface area contributed by atoms with Crippen molar-refractivity contribution in [3.05, 3.63) is 33.8 Å². The summed E-state index contributed by atoms with van der Waals surface area (Å²) in [4.78, 5) is 14.3. The van der Waals surface area contributed by atoms with E-state index in [0.29, 0.717) is 21.7 Å². The molecule has 0 aliphatic heterocycles. The van der Waals surface area contributed by atoms with E-state index in [1.165, 1.54) is 25.7 Å². The first-order valence-electron chi connectivity index (χ1n) is 6.82. The Morgan fingerprint density at radius 3 is 2.42 bits per heavy atom. The van der Waals surface area contributed by atoms with Gasteiger partial charge in [-0.25, -0.2) is 0 Å². The quantitative estimate of drug-likeness (QED) is 0.719. The van der Waals surface area contributed by atoms with Crippen molar-refractivity contribution in [1.82, 2.24) is 4.90 Å². The molecule has 104 valence electrons. The van der Waals surface area contributed by atoms with Crippen molar-refractivity contribution in [2.24, 2.45) is 0 Å². The highest BCUT2D eigenvalue weighted by Crippen LogP contribution is 2.26. The van der Waals surface area contributed by atoms with E-state index in [-0.39, 0.29) is 5.91 Å². The van der Waals surface area contributed by atoms with Crippen molar-refractivity contribution in [3.8, 4) is 0 Å². The number of halogens is 2. The van der Waals surface area contributed by atoms with Gasteiger partial charge in [-0.1, -0.05) is 48.9 Å². The average molecular weight is 300 g/mol. The zero-order valence-electron chi connectivity index (χ0n) is 11.2. The van der Waals surface area contributed by atoms with E-state index in [1.54, 1.807) is 18.2 Å². The van der Waals surface area contributed by atoms with Gasteiger partial charge in [0.1, 0.15) is 0 Å². The topological polar surface area (TPSA) is 20.3 Å². The summed E-state index contributed by atoms with van der Waals surface area (Å²) < 4.78 is 0. The third-order valence-corrected chi connectivity index (χ3v) is 4.42. The Morgan fingerprint density at radius 2 is 1.79 bits per heavy atom. The number of hydrogen-bond acceptors (Lipinski definition) is 1. The van der Waals surface area contributed by atoms with Gasteiger partial charge in [-0.15, -0.1) is 0 Å². The Labute approximate surface area is 124 Å². The summed E-state index contributed by atoms with van der Waals surface area (Å²) in [6.45, 7) is 0. The lowest BCUT2D eigenvalue weighted by Crippen LogP contribution is -2.36. The summed E-state index contributed by atoms with van der Waals surface area (Å²) in [6.07, 6.45) is 7.12. The summed E-state index contributed by atoms with van der Waals surface area (Å²) in [7, 11) is 1.87. The zero-order chi connectivity index (χ0) is 13.8. The molecule has 0 bridgehead atoms. The molecule has 0 N–H and O–H groups in total. The van der Waals surface area contributed by atoms with Crippen molar-refractivity contribution >= 4 is 29.1 Å². The number of amides is 1. The predicted octanol–water partition coefficient (Wildman–Crippen LogP) is 4.79. The van der Waals surface area contributed by atoms with E-state index < -0.39 is 0 Å². The number of carbonyl (C=O) groups excluding carboxylic acids is 1. The zero-order valence-corrected chi connectivity index (χ0v) is 12.7. The van der Waals surface area contributed by atoms with Crippen LogP contribution in [-0.2, 0) is 0 Å². The van der Waals surface area contributed by atoms with Gasteiger partial charge >= 0.3 is 0 Å². The van der Waals surface area contributed by atoms with Crippen LogP contribution < -0.4 is 0 Å². The maximum atomic E-state index is 12.5. The lowest BCUT2D eigenvalue weighted by atomic mass is 10.1. The monoisotopic (exact) mass is 299 g/mol. The smallest absolute Gasteiger partial charge is 0.255 e. The second kappa shape index (κ2) is 6.62. The summed E-state index contributed by atoms with van der Waals surface area (Å²) in [5.41, 5.74) is 0.501. The Kier molecular flexibility index (Phi) is 5.12. The third-order valence-electron chi connectivity index (χ3n) is 3.85. The Morgan fingerprint density at radius 1 is 1.16 bits per heavy atom. The van der Waals surface area contributed by atoms with Crippen molar-refractivity contribution < 1.29 is 4.79 Å². The van der Waals surface area contributed by atoms with E-state index in [2.05, 4.69) is 0 Å². The van der Waals surface area contributed by atoms with E-state index in [1.807, 2.05) is 11.9 Å². The van der Waals surface area contributed by atoms with Crippen molar-refractivity contribution in [2.45, 2.75) is 44.6 Å². The molecule has 0 aromatic heterocycles. The standard InChI is InChI=1S/C15H19Cl2NO/c1-18(12-6-4-2-3-5-7-12)15(19)13-10-11(16)8-9-14(13)17/h8-10,12H,2-7H2,1H3. The number of rotatable bonds is 2. The molecule has 1 aliphatic carbocycles. The molecule has 1 amide bonds. The van der Waals surface area contributed by atoms with Gasteiger partial charge in [0.15, 0.2) is 0 Å². The fourth-order valence-corrected chi connectivity index (χ4v) is 3.03. The lowest BCUT2D eigenvalue weighted by Gasteiger charge is -2.27. The largest absolute Gasteiger partial charge is 0.339 e. The van der Waals surface area contributed by atoms with Crippen molar-refractivity contribution in [1.29, 1.82) is 0 Å². The Hall–Kier alpha value is -0.730. The molecular weight excluding hydrogens is 281 g/mol. The van der Waals surface area contributed by atoms with E-state index >= 15 is 0 Å². The van der Waals surface area contributed by atoms with Crippen LogP contribution in [0.15, 0.2) is 18.2 Å². The number of carbonyl (C=O) groups is 1. The van der Waals surface area contributed by atoms with Gasteiger partial charge in [-0.05, 0) is 31.0 Å². The van der Waals surface area contributed by atoms with Crippen LogP contribution >= 0.6 is 23.2 Å². The van der Waals surface area contributed by atoms with Crippen LogP contribution in [0, 0.1) is 0 Å². The SMILES string of the molecule is CN(C(=O)c1cc(Cl)ccc1Cl)C1CCCCCC1. The Balaban J connectivity index is 2.15. The fourth-order valence-electron chi connectivity index (χ4n) is 2.66. The molecule has 0 spiro atoms. The highest BCUT2D eigenvalue weighted by Gasteiger charge is 2.23. The number of nitrogens with zero attached hydrogens (tertiary/aromatic N) is 1. The number of hydrogen-bond donors (Lipinski definition) is 0. The van der Waals surface area contributed by atoms with Crippen LogP contribution in [0.4, 0.5) is 0 Å². The van der Waals surface area contributed by atoms with Gasteiger partial charge in [0.25, 0.3) is 5.91 Å². The number of benzene rings is 1. The van der Waals surface area contributed by atoms with Crippen molar-refractivity contribution in [3.63, 3.8) is 0 Å². The molecule has 0 saturated heterocycles. The third kappa shape index (κ3) is 3.64. The molecule has 4 heteroatoms. The highest BCUT2D eigenvalue weighted by atomic mass is 35.5. The molecule has 0 unspecified atom stereocenters. The molecule has 2 rings (SSSR count). The van der Waals surface area contributed by atoms with Crippen LogP contribution in [0.25, 0.3) is 0 Å². The molecule has 0 atom stereocenters. The molecule has 1 aromatic carbocycles. The minimum absolute atomic E-state index is 0.0283. The van der Waals surface area contributed by atoms with Gasteiger partial charge in [0, 0.05) is 18.1 Å². The summed E-state index contributed by atoms with van der Waals surface area (Å²) in [5, 5.41) is 1.01. The second-order valence-corrected chi connectivity index (χ2v) is 6.03. The summed E-state index contributed by atoms with van der Waals surface area (Å²) in [5.74, 6) is -0.0283. The van der Waals surface area contributed by atoms with Crippen molar-refractivity contribution in [2.75, 3.05) is 7.05 Å². The first-order chi connectivity index (χ1) is 9.09. The van der Waals surface area contributed by atoms with Gasteiger partial charge < -0.3 is 4.90 Å². The average Bonchev–Trinajstić information content (AvgIpc) is 2.69. The van der Waals surface area contributed by atoms with Gasteiger partial charge in [0.2, 0.25) is 0 Å². The van der Waals surface area contributed by atoms with Gasteiger partial charge in [-0.3, -0.25) is 4.79 Å². The van der Waals surface area contributed by atoms with Crippen LogP contribution in [0.1, 0.15) is 48.9 Å². The summed E-state index contributed by atoms with van der Waals surface area (Å²) >= 11 is 12.0. The maximum absolute atomic E-state index is 12.5. The molecule has 19 heavy (non-hydrogen) atoms. The molecule has 0 heterocycles. The minimum atomic E-state index is -0.0283. The first-order valence-corrected chi connectivity index (χ1v) is 7.57. The molecule has 0 radical (unpaired) electrons. The van der Waals surface area contributed by atoms with E-state index in [4.69, 9.17) is 23.2 Å². The molecule has 1 saturated carbocycles. The predicted molar refractivity (Wildman–Crippen MR) is 80.0 cm³/mol. The molecule has 1 aromatic rings. The van der Waals surface area contributed by atoms with Crippen LogP contribution in [0.2, 0.25) is 10.0 Å². The first kappa shape index (κ1) is 14.7. The maximum Gasteiger partial charge on any atom is 0.255 e. The Bertz CT molecular complexity index is 453. The second-order valence-electron chi connectivity index (χ2n) is 5.19. The van der Waals surface area contributed by atoms with Crippen LogP contribution in [0.3, 0.4) is 0 Å². The lowest BCUT2D eigenvalue weighted by molar-refractivity contribution is 0.0718. The molecule has 1 aliphatic rings. The van der Waals surface area contributed by atoms with Gasteiger partial charge in [-0.2, -0.15) is 0 Å². The molecular formula is C15H19Cl2NO. The van der Waals surface area contributed by atoms with Gasteiger partial charge in [0.05, 0.1) is 10.6 Å². The van der Waals surface area contributed by atoms with E-state index in [9.17, 15) is 4.79 Å². The minimum Gasteiger partial charge on any atom is -0.339 e. The molecule has 1 fully saturated rings. The van der Waals surface area contributed by atoms with E-state index in [0.717, 1.165) is 12.8 Å².